The van der Waals surface area contributed by atoms with E-state index in [0.717, 1.165) is 53.5 Å². The summed E-state index contributed by atoms with van der Waals surface area (Å²) >= 11 is 0. The van der Waals surface area contributed by atoms with Crippen LogP contribution in [0.5, 0.6) is 0 Å². The van der Waals surface area contributed by atoms with Crippen LogP contribution in [0.3, 0.4) is 0 Å². The number of likely N-dealkylation sites (tertiary alicyclic amines) is 1. The van der Waals surface area contributed by atoms with Gasteiger partial charge in [-0.05, 0) is 58.1 Å². The molecule has 2 unspecified atom stereocenters. The van der Waals surface area contributed by atoms with Crippen LogP contribution in [-0.2, 0) is 7.05 Å². The topological polar surface area (TPSA) is 63.1 Å². The van der Waals surface area contributed by atoms with Crippen molar-refractivity contribution in [1.29, 1.82) is 0 Å². The number of carbonyl (C=O) groups is 1. The molecular formula is C21H31N5O. The fraction of sp³-hybridized carbons (Fsp3) is 0.667. The van der Waals surface area contributed by atoms with E-state index in [1.807, 2.05) is 20.0 Å². The number of pyridine rings is 1. The molecule has 1 aliphatic heterocycles. The maximum atomic E-state index is 13.1. The first kappa shape index (κ1) is 18.4. The average molecular weight is 370 g/mol. The molecule has 2 aliphatic rings. The van der Waals surface area contributed by atoms with Crippen LogP contribution in [-0.4, -0.2) is 51.2 Å². The standard InChI is InChI=1S/C21H31N5O/c1-13-6-5-9-26(11-13)12-14(2)22-21(27)17-10-18(16-7-8-16)23-20-19(17)15(3)24-25(20)4/h10,13-14,16H,5-9,11-12H2,1-4H3,(H,22,27). The molecule has 6 nitrogen and oxygen atoms in total. The Bertz CT molecular complexity index is 854. The summed E-state index contributed by atoms with van der Waals surface area (Å²) in [6, 6.07) is 2.12. The van der Waals surface area contributed by atoms with Crippen molar-refractivity contribution in [3.05, 3.63) is 23.0 Å². The Kier molecular flexibility index (Phi) is 4.93. The molecule has 1 aliphatic carbocycles. The highest BCUT2D eigenvalue weighted by Gasteiger charge is 2.29. The number of aryl methyl sites for hydroxylation is 2. The van der Waals surface area contributed by atoms with E-state index in [2.05, 4.69) is 29.2 Å². The maximum absolute atomic E-state index is 13.1. The van der Waals surface area contributed by atoms with Crippen molar-refractivity contribution in [2.75, 3.05) is 19.6 Å². The van der Waals surface area contributed by atoms with Crippen molar-refractivity contribution in [1.82, 2.24) is 25.0 Å². The molecule has 4 rings (SSSR count). The predicted octanol–water partition coefficient (Wildman–Crippen LogP) is 3.00. The van der Waals surface area contributed by atoms with Gasteiger partial charge in [0.15, 0.2) is 5.65 Å². The molecule has 0 spiro atoms. The van der Waals surface area contributed by atoms with Crippen LogP contribution in [0.4, 0.5) is 0 Å². The lowest BCUT2D eigenvalue weighted by atomic mass is 10.00. The van der Waals surface area contributed by atoms with Crippen LogP contribution >= 0.6 is 0 Å². The normalized spacial score (nSPS) is 22.1. The van der Waals surface area contributed by atoms with E-state index in [-0.39, 0.29) is 11.9 Å². The van der Waals surface area contributed by atoms with Gasteiger partial charge < -0.3 is 10.2 Å². The first-order chi connectivity index (χ1) is 12.9. The zero-order valence-electron chi connectivity index (χ0n) is 17.0. The zero-order chi connectivity index (χ0) is 19.1. The second-order valence-electron chi connectivity index (χ2n) is 8.66. The van der Waals surface area contributed by atoms with E-state index in [0.29, 0.717) is 5.92 Å². The minimum Gasteiger partial charge on any atom is -0.348 e. The molecule has 2 aromatic rings. The number of carbonyl (C=O) groups excluding carboxylic acids is 1. The van der Waals surface area contributed by atoms with Crippen LogP contribution in [0.1, 0.15) is 67.2 Å². The van der Waals surface area contributed by atoms with Gasteiger partial charge in [0.25, 0.3) is 5.91 Å². The largest absolute Gasteiger partial charge is 0.348 e. The molecule has 0 aromatic carbocycles. The highest BCUT2D eigenvalue weighted by molar-refractivity contribution is 6.06. The van der Waals surface area contributed by atoms with Gasteiger partial charge in [0.1, 0.15) is 0 Å². The van der Waals surface area contributed by atoms with Gasteiger partial charge in [-0.1, -0.05) is 6.92 Å². The molecule has 27 heavy (non-hydrogen) atoms. The lowest BCUT2D eigenvalue weighted by Crippen LogP contribution is -2.45. The summed E-state index contributed by atoms with van der Waals surface area (Å²) in [7, 11) is 1.90. The summed E-state index contributed by atoms with van der Waals surface area (Å²) in [5.41, 5.74) is 3.45. The predicted molar refractivity (Wildman–Crippen MR) is 107 cm³/mol. The summed E-state index contributed by atoms with van der Waals surface area (Å²) < 4.78 is 1.80. The monoisotopic (exact) mass is 369 g/mol. The number of piperidine rings is 1. The molecule has 1 saturated carbocycles. The van der Waals surface area contributed by atoms with Gasteiger partial charge in [-0.2, -0.15) is 5.10 Å². The summed E-state index contributed by atoms with van der Waals surface area (Å²) in [5, 5.41) is 8.62. The number of nitrogens with one attached hydrogen (secondary N) is 1. The van der Waals surface area contributed by atoms with Gasteiger partial charge in [0, 0.05) is 37.8 Å². The molecule has 146 valence electrons. The summed E-state index contributed by atoms with van der Waals surface area (Å²) in [6.45, 7) is 9.55. The van der Waals surface area contributed by atoms with Crippen molar-refractivity contribution >= 4 is 16.9 Å². The smallest absolute Gasteiger partial charge is 0.252 e. The molecule has 0 bridgehead atoms. The molecule has 1 N–H and O–H groups in total. The van der Waals surface area contributed by atoms with Crippen LogP contribution in [0, 0.1) is 12.8 Å². The van der Waals surface area contributed by atoms with Crippen LogP contribution < -0.4 is 5.32 Å². The maximum Gasteiger partial charge on any atom is 0.252 e. The van der Waals surface area contributed by atoms with Crippen molar-refractivity contribution in [2.24, 2.45) is 13.0 Å². The van der Waals surface area contributed by atoms with Crippen molar-refractivity contribution in [3.8, 4) is 0 Å². The average Bonchev–Trinajstić information content (AvgIpc) is 3.41. The Balaban J connectivity index is 1.54. The van der Waals surface area contributed by atoms with Gasteiger partial charge >= 0.3 is 0 Å². The van der Waals surface area contributed by atoms with E-state index < -0.39 is 0 Å². The Morgan fingerprint density at radius 1 is 1.37 bits per heavy atom. The lowest BCUT2D eigenvalue weighted by molar-refractivity contribution is 0.0921. The second-order valence-corrected chi connectivity index (χ2v) is 8.66. The Morgan fingerprint density at radius 2 is 2.15 bits per heavy atom. The van der Waals surface area contributed by atoms with E-state index in [4.69, 9.17) is 4.98 Å². The minimum absolute atomic E-state index is 0.00189. The first-order valence-corrected chi connectivity index (χ1v) is 10.3. The van der Waals surface area contributed by atoms with Crippen molar-refractivity contribution in [2.45, 2.75) is 58.4 Å². The fourth-order valence-electron chi connectivity index (χ4n) is 4.42. The molecule has 0 radical (unpaired) electrons. The molecule has 1 amide bonds. The Labute approximate surface area is 161 Å². The number of rotatable bonds is 5. The SMILES string of the molecule is Cc1nn(C)c2nc(C3CC3)cc(C(=O)NC(C)CN3CCCC(C)C3)c12. The van der Waals surface area contributed by atoms with Gasteiger partial charge in [0.2, 0.25) is 0 Å². The lowest BCUT2D eigenvalue weighted by Gasteiger charge is -2.32. The van der Waals surface area contributed by atoms with Gasteiger partial charge in [-0.3, -0.25) is 9.48 Å². The third kappa shape index (κ3) is 3.86. The van der Waals surface area contributed by atoms with E-state index in [9.17, 15) is 4.79 Å². The highest BCUT2D eigenvalue weighted by atomic mass is 16.1. The van der Waals surface area contributed by atoms with E-state index >= 15 is 0 Å². The minimum atomic E-state index is -0.00189. The summed E-state index contributed by atoms with van der Waals surface area (Å²) in [5.74, 6) is 1.25. The molecule has 3 heterocycles. The van der Waals surface area contributed by atoms with Crippen LogP contribution in [0.25, 0.3) is 11.0 Å². The van der Waals surface area contributed by atoms with Crippen LogP contribution in [0.15, 0.2) is 6.07 Å². The number of aromatic nitrogens is 3. The van der Waals surface area contributed by atoms with E-state index in [1.54, 1.807) is 4.68 Å². The third-order valence-electron chi connectivity index (χ3n) is 5.88. The van der Waals surface area contributed by atoms with Gasteiger partial charge in [0.05, 0.1) is 16.6 Å². The quantitative estimate of drug-likeness (QED) is 0.880. The Morgan fingerprint density at radius 3 is 2.85 bits per heavy atom. The number of nitrogens with zero attached hydrogens (tertiary/aromatic N) is 4. The molecule has 2 aromatic heterocycles. The molecule has 1 saturated heterocycles. The second kappa shape index (κ2) is 7.23. The first-order valence-electron chi connectivity index (χ1n) is 10.3. The summed E-state index contributed by atoms with van der Waals surface area (Å²) in [4.78, 5) is 20.4. The van der Waals surface area contributed by atoms with Gasteiger partial charge in [-0.15, -0.1) is 0 Å². The van der Waals surface area contributed by atoms with Gasteiger partial charge in [-0.25, -0.2) is 4.98 Å². The summed E-state index contributed by atoms with van der Waals surface area (Å²) in [6.07, 6.45) is 4.91. The van der Waals surface area contributed by atoms with Crippen molar-refractivity contribution < 1.29 is 4.79 Å². The molecule has 2 fully saturated rings. The molecule has 2 atom stereocenters. The Hall–Kier alpha value is -1.95. The number of hydrogen-bond acceptors (Lipinski definition) is 4. The molecular weight excluding hydrogens is 338 g/mol. The number of amides is 1. The van der Waals surface area contributed by atoms with E-state index in [1.165, 1.54) is 25.7 Å². The highest BCUT2D eigenvalue weighted by Crippen LogP contribution is 2.40. The number of fused-ring (bicyclic) bond motifs is 1. The van der Waals surface area contributed by atoms with Crippen LogP contribution in [0.2, 0.25) is 0 Å². The zero-order valence-corrected chi connectivity index (χ0v) is 17.0. The molecule has 6 heteroatoms. The third-order valence-corrected chi connectivity index (χ3v) is 5.88. The van der Waals surface area contributed by atoms with Crippen molar-refractivity contribution in [3.63, 3.8) is 0 Å². The fourth-order valence-corrected chi connectivity index (χ4v) is 4.42. The number of hydrogen-bond donors (Lipinski definition) is 1.